The van der Waals surface area contributed by atoms with Crippen LogP contribution in [-0.4, -0.2) is 48.0 Å². The predicted molar refractivity (Wildman–Crippen MR) is 115 cm³/mol. The topological polar surface area (TPSA) is 48.5 Å². The molecule has 0 bridgehead atoms. The van der Waals surface area contributed by atoms with Crippen molar-refractivity contribution in [3.63, 3.8) is 0 Å². The van der Waals surface area contributed by atoms with E-state index >= 15 is 0 Å². The van der Waals surface area contributed by atoms with E-state index in [9.17, 15) is 9.18 Å². The summed E-state index contributed by atoms with van der Waals surface area (Å²) in [5.41, 5.74) is 0.371. The molecule has 2 aliphatic rings. The van der Waals surface area contributed by atoms with E-state index in [0.29, 0.717) is 21.5 Å². The molecule has 156 valence electrons. The van der Waals surface area contributed by atoms with Crippen molar-refractivity contribution < 1.29 is 9.18 Å². The fourth-order valence-electron chi connectivity index (χ4n) is 4.16. The standard InChI is InChI=1S/C21H26ClFN4OS/c22-16-4-5-18(23)15(12-16)13-24-20(28)19-14-25-21(29-19)27-10-6-17(7-11-27)26-8-2-1-3-9-26/h4-5,12,14,17H,1-3,6-11,13H2,(H,24,28). The zero-order valence-electron chi connectivity index (χ0n) is 16.4. The molecule has 0 radical (unpaired) electrons. The maximum Gasteiger partial charge on any atom is 0.263 e. The Morgan fingerprint density at radius 1 is 1.21 bits per heavy atom. The average Bonchev–Trinajstić information content (AvgIpc) is 3.25. The third-order valence-electron chi connectivity index (χ3n) is 5.81. The number of carbonyl (C=O) groups is 1. The summed E-state index contributed by atoms with van der Waals surface area (Å²) in [7, 11) is 0. The number of benzene rings is 1. The number of hydrogen-bond donors (Lipinski definition) is 1. The van der Waals surface area contributed by atoms with E-state index < -0.39 is 0 Å². The van der Waals surface area contributed by atoms with Crippen LogP contribution in [0.25, 0.3) is 0 Å². The van der Waals surface area contributed by atoms with Gasteiger partial charge < -0.3 is 15.1 Å². The number of piperidine rings is 2. The molecule has 0 spiro atoms. The molecule has 3 heterocycles. The maximum absolute atomic E-state index is 13.8. The van der Waals surface area contributed by atoms with E-state index in [1.807, 2.05) is 0 Å². The summed E-state index contributed by atoms with van der Waals surface area (Å²) in [5.74, 6) is -0.618. The first-order valence-corrected chi connectivity index (χ1v) is 11.5. The smallest absolute Gasteiger partial charge is 0.263 e. The number of nitrogens with one attached hydrogen (secondary N) is 1. The number of carbonyl (C=O) groups excluding carboxylic acids is 1. The van der Waals surface area contributed by atoms with E-state index in [1.165, 1.54) is 61.9 Å². The summed E-state index contributed by atoms with van der Waals surface area (Å²) in [6, 6.07) is 5.01. The van der Waals surface area contributed by atoms with Gasteiger partial charge >= 0.3 is 0 Å². The molecule has 5 nitrogen and oxygen atoms in total. The van der Waals surface area contributed by atoms with Gasteiger partial charge in [-0.2, -0.15) is 0 Å². The van der Waals surface area contributed by atoms with Crippen molar-refractivity contribution in [2.75, 3.05) is 31.1 Å². The first kappa shape index (κ1) is 20.6. The first-order valence-electron chi connectivity index (χ1n) is 10.3. The number of rotatable bonds is 5. The van der Waals surface area contributed by atoms with Crippen molar-refractivity contribution in [1.29, 1.82) is 0 Å². The molecule has 0 saturated carbocycles. The molecule has 0 atom stereocenters. The fourth-order valence-corrected chi connectivity index (χ4v) is 5.24. The normalized spacial score (nSPS) is 18.8. The molecular weight excluding hydrogens is 411 g/mol. The Hall–Kier alpha value is -1.70. The van der Waals surface area contributed by atoms with Crippen LogP contribution in [0.5, 0.6) is 0 Å². The Labute approximate surface area is 179 Å². The first-order chi connectivity index (χ1) is 14.1. The minimum atomic E-state index is -0.378. The highest BCUT2D eigenvalue weighted by Gasteiger charge is 2.27. The van der Waals surface area contributed by atoms with Crippen molar-refractivity contribution in [2.24, 2.45) is 0 Å². The summed E-state index contributed by atoms with van der Waals surface area (Å²) in [6.07, 6.45) is 7.92. The van der Waals surface area contributed by atoms with Crippen molar-refractivity contribution in [3.05, 3.63) is 45.7 Å². The quantitative estimate of drug-likeness (QED) is 0.758. The second-order valence-corrected chi connectivity index (χ2v) is 9.19. The lowest BCUT2D eigenvalue weighted by atomic mass is 10.0. The number of amides is 1. The summed E-state index contributed by atoms with van der Waals surface area (Å²) in [4.78, 5) is 22.4. The molecule has 1 aromatic carbocycles. The lowest BCUT2D eigenvalue weighted by molar-refractivity contribution is 0.0954. The fraction of sp³-hybridized carbons (Fsp3) is 0.524. The number of hydrogen-bond acceptors (Lipinski definition) is 5. The van der Waals surface area contributed by atoms with Gasteiger partial charge in [-0.25, -0.2) is 9.37 Å². The van der Waals surface area contributed by atoms with Crippen molar-refractivity contribution >= 4 is 34.0 Å². The van der Waals surface area contributed by atoms with Crippen LogP contribution in [0.4, 0.5) is 9.52 Å². The number of likely N-dealkylation sites (tertiary alicyclic amines) is 1. The molecule has 2 fully saturated rings. The molecule has 1 N–H and O–H groups in total. The molecule has 2 aromatic rings. The predicted octanol–water partition coefficient (Wildman–Crippen LogP) is 4.32. The van der Waals surface area contributed by atoms with E-state index in [-0.39, 0.29) is 18.3 Å². The van der Waals surface area contributed by atoms with Gasteiger partial charge in [0.25, 0.3) is 5.91 Å². The summed E-state index contributed by atoms with van der Waals surface area (Å²) in [6.45, 7) is 4.52. The maximum atomic E-state index is 13.8. The zero-order valence-corrected chi connectivity index (χ0v) is 17.9. The van der Waals surface area contributed by atoms with Gasteiger partial charge in [0, 0.05) is 36.3 Å². The molecule has 1 aromatic heterocycles. The van der Waals surface area contributed by atoms with Gasteiger partial charge in [0.05, 0.1) is 6.20 Å². The Balaban J connectivity index is 1.30. The van der Waals surface area contributed by atoms with Gasteiger partial charge in [-0.3, -0.25) is 4.79 Å². The third kappa shape index (κ3) is 5.08. The highest BCUT2D eigenvalue weighted by molar-refractivity contribution is 7.17. The van der Waals surface area contributed by atoms with E-state index in [2.05, 4.69) is 20.1 Å². The molecule has 0 aliphatic carbocycles. The number of thiazole rings is 1. The van der Waals surface area contributed by atoms with Crippen LogP contribution >= 0.6 is 22.9 Å². The Morgan fingerprint density at radius 3 is 2.72 bits per heavy atom. The summed E-state index contributed by atoms with van der Waals surface area (Å²) in [5, 5.41) is 4.10. The van der Waals surface area contributed by atoms with Crippen molar-refractivity contribution in [2.45, 2.75) is 44.7 Å². The van der Waals surface area contributed by atoms with Crippen molar-refractivity contribution in [3.8, 4) is 0 Å². The van der Waals surface area contributed by atoms with Crippen LogP contribution in [-0.2, 0) is 6.54 Å². The molecule has 29 heavy (non-hydrogen) atoms. The minimum absolute atomic E-state index is 0.0969. The number of anilines is 1. The van der Waals surface area contributed by atoms with Gasteiger partial charge in [-0.15, -0.1) is 0 Å². The Kier molecular flexibility index (Phi) is 6.67. The number of aromatic nitrogens is 1. The molecule has 2 aliphatic heterocycles. The van der Waals surface area contributed by atoms with Crippen LogP contribution in [0.1, 0.15) is 47.3 Å². The summed E-state index contributed by atoms with van der Waals surface area (Å²) < 4.78 is 13.8. The third-order valence-corrected chi connectivity index (χ3v) is 7.10. The molecule has 0 unspecified atom stereocenters. The van der Waals surface area contributed by atoms with Crippen LogP contribution in [0, 0.1) is 5.82 Å². The SMILES string of the molecule is O=C(NCc1cc(Cl)ccc1F)c1cnc(N2CCC(N3CCCCC3)CC2)s1. The highest BCUT2D eigenvalue weighted by Crippen LogP contribution is 2.28. The van der Waals surface area contributed by atoms with Crippen molar-refractivity contribution in [1.82, 2.24) is 15.2 Å². The summed E-state index contributed by atoms with van der Waals surface area (Å²) >= 11 is 7.30. The molecular formula is C21H26ClFN4OS. The average molecular weight is 437 g/mol. The highest BCUT2D eigenvalue weighted by atomic mass is 35.5. The number of nitrogens with zero attached hydrogens (tertiary/aromatic N) is 3. The lowest BCUT2D eigenvalue weighted by Gasteiger charge is -2.40. The molecule has 8 heteroatoms. The van der Waals surface area contributed by atoms with Gasteiger partial charge in [-0.1, -0.05) is 29.4 Å². The van der Waals surface area contributed by atoms with Crippen LogP contribution in [0.15, 0.2) is 24.4 Å². The Bertz CT molecular complexity index is 847. The number of halogens is 2. The van der Waals surface area contributed by atoms with Gasteiger partial charge in [-0.05, 0) is 57.0 Å². The van der Waals surface area contributed by atoms with E-state index in [0.717, 1.165) is 31.1 Å². The van der Waals surface area contributed by atoms with Gasteiger partial charge in [0.1, 0.15) is 10.7 Å². The second-order valence-electron chi connectivity index (χ2n) is 7.74. The zero-order chi connectivity index (χ0) is 20.2. The monoisotopic (exact) mass is 436 g/mol. The lowest BCUT2D eigenvalue weighted by Crippen LogP contribution is -2.46. The molecule has 4 rings (SSSR count). The van der Waals surface area contributed by atoms with Gasteiger partial charge in [0.15, 0.2) is 5.13 Å². The van der Waals surface area contributed by atoms with Crippen LogP contribution < -0.4 is 10.2 Å². The minimum Gasteiger partial charge on any atom is -0.348 e. The van der Waals surface area contributed by atoms with Crippen LogP contribution in [0.2, 0.25) is 5.02 Å². The Morgan fingerprint density at radius 2 is 1.97 bits per heavy atom. The van der Waals surface area contributed by atoms with E-state index in [4.69, 9.17) is 11.6 Å². The van der Waals surface area contributed by atoms with E-state index in [1.54, 1.807) is 6.20 Å². The van der Waals surface area contributed by atoms with Crippen LogP contribution in [0.3, 0.4) is 0 Å². The molecule has 2 saturated heterocycles. The van der Waals surface area contributed by atoms with Gasteiger partial charge in [0.2, 0.25) is 0 Å². The molecule has 1 amide bonds. The second kappa shape index (κ2) is 9.41. The largest absolute Gasteiger partial charge is 0.348 e.